The van der Waals surface area contributed by atoms with Crippen molar-refractivity contribution in [2.75, 3.05) is 39.6 Å². The number of nitrogens with one attached hydrogen (secondary N) is 1. The Morgan fingerprint density at radius 3 is 1.77 bits per heavy atom. The number of carbonyl (C=O) groups excluding carboxylic acids is 2. The third-order valence-electron chi connectivity index (χ3n) is 11.1. The van der Waals surface area contributed by atoms with Gasteiger partial charge in [0.2, 0.25) is 0 Å². The molecule has 1 aromatic rings. The van der Waals surface area contributed by atoms with Gasteiger partial charge in [-0.05, 0) is 45.6 Å². The molecule has 6 atom stereocenters. The van der Waals surface area contributed by atoms with E-state index in [0.717, 1.165) is 56.3 Å². The molecule has 0 aromatic carbocycles. The second-order valence-electron chi connectivity index (χ2n) is 15.0. The largest absolute Gasteiger partial charge is 1.00 e. The maximum Gasteiger partial charge on any atom is 1.00 e. The van der Waals surface area contributed by atoms with Gasteiger partial charge in [0.1, 0.15) is 41.8 Å². The first-order valence-corrected chi connectivity index (χ1v) is 19.0. The molecule has 2 saturated carbocycles. The van der Waals surface area contributed by atoms with E-state index in [9.17, 15) is 39.6 Å². The van der Waals surface area contributed by atoms with Crippen molar-refractivity contribution in [2.24, 2.45) is 4.99 Å². The zero-order valence-corrected chi connectivity index (χ0v) is 41.2. The first-order valence-electron chi connectivity index (χ1n) is 19.0. The van der Waals surface area contributed by atoms with E-state index >= 15 is 0 Å². The van der Waals surface area contributed by atoms with Crippen LogP contribution in [0.2, 0.25) is 0 Å². The van der Waals surface area contributed by atoms with Crippen LogP contribution in [0.3, 0.4) is 0 Å². The number of aromatic amines is 1. The Labute approximate surface area is 433 Å². The van der Waals surface area contributed by atoms with E-state index in [-0.39, 0.29) is 127 Å². The van der Waals surface area contributed by atoms with E-state index in [1.54, 1.807) is 19.6 Å². The van der Waals surface area contributed by atoms with Crippen molar-refractivity contribution < 1.29 is 172 Å². The molecule has 60 heavy (non-hydrogen) atoms. The molecule has 330 valence electrons. The van der Waals surface area contributed by atoms with E-state index in [2.05, 4.69) is 16.7 Å². The molecule has 10 N–H and O–H groups in total. The third-order valence-corrected chi connectivity index (χ3v) is 11.1. The molecule has 5 heterocycles. The fourth-order valence-electron chi connectivity index (χ4n) is 8.17. The number of aliphatic hydroxyl groups excluding tert-OH is 5. The molecule has 0 bridgehead atoms. The van der Waals surface area contributed by atoms with Crippen LogP contribution in [0.15, 0.2) is 32.6 Å². The maximum atomic E-state index is 12.3. The fourth-order valence-corrected chi connectivity index (χ4v) is 8.17. The van der Waals surface area contributed by atoms with E-state index in [1.807, 2.05) is 0 Å². The van der Waals surface area contributed by atoms with E-state index in [1.165, 1.54) is 23.9 Å². The summed E-state index contributed by atoms with van der Waals surface area (Å²) in [6.45, 7) is 4.86. The smallest absolute Gasteiger partial charge is 0.870 e. The SMILES string of the molecule is C=NCCO.CC([C-]=O)=CN([C-]=O)[C@@H]1OC(CO)(CO)[C@@H]2OC3(CCCCC3)OC12.Cc1cn([C@@H]2OC(CO)(CO)[C@@H]3OC4(CCCCC4)OC23)c(=O)[nH]c1=O.N.[K+].[K+].[OH-]. The molecular weight excluding hydrogens is 849 g/mol. The van der Waals surface area contributed by atoms with Crippen LogP contribution in [0.25, 0.3) is 0 Å². The van der Waals surface area contributed by atoms with E-state index in [4.69, 9.17) is 33.5 Å². The summed E-state index contributed by atoms with van der Waals surface area (Å²) >= 11 is 0. The Hall–Kier alpha value is -0.0173. The van der Waals surface area contributed by atoms with Crippen molar-refractivity contribution in [3.63, 3.8) is 0 Å². The monoisotopic (exact) mass is 906 g/mol. The summed E-state index contributed by atoms with van der Waals surface area (Å²) in [4.78, 5) is 52.8. The fraction of sp³-hybridized carbons (Fsp3) is 0.757. The third kappa shape index (κ3) is 12.2. The predicted molar refractivity (Wildman–Crippen MR) is 201 cm³/mol. The number of hydrogen-bond donors (Lipinski definition) is 7. The van der Waals surface area contributed by atoms with E-state index < -0.39 is 97.3 Å². The molecule has 6 aliphatic rings. The molecule has 23 heteroatoms. The maximum absolute atomic E-state index is 12.3. The number of rotatable bonds is 11. The zero-order valence-electron chi connectivity index (χ0n) is 35.0. The van der Waals surface area contributed by atoms with Gasteiger partial charge in [-0.2, -0.15) is 11.8 Å². The van der Waals surface area contributed by atoms with Gasteiger partial charge >= 0.3 is 108 Å². The minimum absolute atomic E-state index is 0. The van der Waals surface area contributed by atoms with Crippen molar-refractivity contribution in [1.29, 1.82) is 0 Å². The number of aryl methyl sites for hydroxylation is 1. The number of ether oxygens (including phenoxy) is 6. The minimum Gasteiger partial charge on any atom is -0.870 e. The Morgan fingerprint density at radius 1 is 0.850 bits per heavy atom. The first kappa shape index (κ1) is 58.0. The predicted octanol–water partition coefficient (Wildman–Crippen LogP) is -6.89. The van der Waals surface area contributed by atoms with Gasteiger partial charge in [-0.1, -0.05) is 19.8 Å². The van der Waals surface area contributed by atoms with Crippen LogP contribution in [0.5, 0.6) is 0 Å². The minimum atomic E-state index is -1.39. The summed E-state index contributed by atoms with van der Waals surface area (Å²) < 4.78 is 37.7. The molecule has 1 aromatic heterocycles. The van der Waals surface area contributed by atoms with Crippen molar-refractivity contribution >= 4 is 19.4 Å². The van der Waals surface area contributed by atoms with Crippen LogP contribution < -0.4 is 120 Å². The van der Waals surface area contributed by atoms with Crippen molar-refractivity contribution in [1.82, 2.24) is 20.6 Å². The van der Waals surface area contributed by atoms with Crippen molar-refractivity contribution in [3.8, 4) is 0 Å². The Morgan fingerprint density at radius 2 is 1.33 bits per heavy atom. The van der Waals surface area contributed by atoms with Crippen LogP contribution in [0.1, 0.15) is 82.9 Å². The average molecular weight is 907 g/mol. The summed E-state index contributed by atoms with van der Waals surface area (Å²) in [5.41, 5.74) is -3.34. The van der Waals surface area contributed by atoms with Crippen LogP contribution in [-0.4, -0.2) is 158 Å². The normalized spacial score (nSPS) is 28.4. The quantitative estimate of drug-likeness (QED) is 0.0357. The Kier molecular flexibility index (Phi) is 24.8. The molecule has 4 aliphatic heterocycles. The second kappa shape index (κ2) is 25.6. The van der Waals surface area contributed by atoms with Gasteiger partial charge in [-0.15, -0.1) is 0 Å². The summed E-state index contributed by atoms with van der Waals surface area (Å²) in [5.74, 6) is -1.55. The van der Waals surface area contributed by atoms with Gasteiger partial charge in [0.25, 0.3) is 5.56 Å². The summed E-state index contributed by atoms with van der Waals surface area (Å²) in [6.07, 6.45) is 10.3. The molecule has 7 rings (SSSR count). The topological polar surface area (TPSA) is 326 Å². The second-order valence-corrected chi connectivity index (χ2v) is 15.0. The Balaban J connectivity index is 0.000000509. The summed E-state index contributed by atoms with van der Waals surface area (Å²) in [6, 6.07) is 0. The first-order chi connectivity index (χ1) is 26.9. The van der Waals surface area contributed by atoms with Crippen LogP contribution in [0.4, 0.5) is 0 Å². The number of amides is 1. The van der Waals surface area contributed by atoms with Crippen LogP contribution in [0, 0.1) is 6.92 Å². The van der Waals surface area contributed by atoms with Gasteiger partial charge in [0.05, 0.1) is 46.0 Å². The summed E-state index contributed by atoms with van der Waals surface area (Å²) in [7, 11) is 0. The number of nitrogens with zero attached hydrogens (tertiary/aromatic N) is 3. The van der Waals surface area contributed by atoms with Crippen LogP contribution >= 0.6 is 0 Å². The van der Waals surface area contributed by atoms with Gasteiger partial charge < -0.3 is 80.1 Å². The number of H-pyrrole nitrogens is 1. The molecule has 2 spiro atoms. The summed E-state index contributed by atoms with van der Waals surface area (Å²) in [5, 5.41) is 47.4. The molecule has 2 unspecified atom stereocenters. The molecule has 0 radical (unpaired) electrons. The zero-order chi connectivity index (χ0) is 40.7. The van der Waals surface area contributed by atoms with Gasteiger partial charge in [0, 0.05) is 37.4 Å². The van der Waals surface area contributed by atoms with Gasteiger partial charge in [-0.3, -0.25) is 19.3 Å². The van der Waals surface area contributed by atoms with Crippen LogP contribution in [-0.2, 0) is 38.0 Å². The van der Waals surface area contributed by atoms with Crippen molar-refractivity contribution in [2.45, 2.75) is 138 Å². The number of fused-ring (bicyclic) bond motifs is 2. The molecular formula is C37H58K2N5O16-. The molecule has 6 fully saturated rings. The number of aliphatic hydroxyl groups is 5. The average Bonchev–Trinajstić information content (AvgIpc) is 3.93. The number of allylic oxidation sites excluding steroid dienone is 1. The number of aliphatic imine (C=N–C) groups is 1. The van der Waals surface area contributed by atoms with Crippen molar-refractivity contribution in [3.05, 3.63) is 44.4 Å². The number of aromatic nitrogens is 2. The standard InChI is InChI=1S/C17H24N2O7.C17H23NO7.C3H7NO.2K.H3N.H2O/c1-10-7-19(15(23)18-13(10)22)14-11-12(16(8-20,9-21)26-14)25-17(24-11)5-3-2-4-6-17;1-12(8-19)7-18(11-22)15-13-14(16(9-20,10-21)25-15)24-17(23-13)5-3-2-4-6-17;1-4-2-3-5;;;;/h7,11-12,14,20-21H,2-6,8-9H2,1H3,(H,18,22,23);7,13-15,20-21H,2-6,9-10H2,1H3;5H,1-3H2;;;1H3;1H2/q;-2;;2*+1;;/p-1/t11?,12-,14-;13?,14-,15-;;;;;/m11...../s1. The molecule has 2 aliphatic carbocycles. The van der Waals surface area contributed by atoms with Gasteiger partial charge in [-0.25, -0.2) is 4.79 Å². The molecule has 21 nitrogen and oxygen atoms in total. The molecule has 1 amide bonds. The van der Waals surface area contributed by atoms with E-state index in [0.29, 0.717) is 24.9 Å². The molecule has 4 saturated heterocycles. The number of hydrogen-bond acceptors (Lipinski definition) is 18. The van der Waals surface area contributed by atoms with Gasteiger partial charge in [0.15, 0.2) is 17.8 Å². The Bertz CT molecular complexity index is 1660.